The zero-order valence-electron chi connectivity index (χ0n) is 28.3. The third-order valence-corrected chi connectivity index (χ3v) is 11.5. The van der Waals surface area contributed by atoms with Gasteiger partial charge in [0.15, 0.2) is 0 Å². The van der Waals surface area contributed by atoms with Gasteiger partial charge in [-0.3, -0.25) is 34.3 Å². The number of nitrogens with one attached hydrogen (secondary N) is 2. The molecule has 50 heavy (non-hydrogen) atoms. The molecule has 5 saturated heterocycles. The number of alkyl carbamates (subject to hydrolysis) is 1. The molecular weight excluding hydrogens is 667 g/mol. The number of benzene rings is 2. The van der Waals surface area contributed by atoms with Crippen LogP contribution in [-0.2, 0) is 31.9 Å². The van der Waals surface area contributed by atoms with Crippen molar-refractivity contribution in [3.63, 3.8) is 0 Å². The maximum Gasteiger partial charge on any atom is 0.407 e. The molecule has 0 saturated carbocycles. The molecule has 13 nitrogen and oxygen atoms in total. The molecule has 2 N–H and O–H groups in total. The molecule has 4 atom stereocenters. The van der Waals surface area contributed by atoms with Gasteiger partial charge in [-0.15, -0.1) is 0 Å². The van der Waals surface area contributed by atoms with Gasteiger partial charge in [0.1, 0.15) is 28.4 Å². The first-order valence-electron chi connectivity index (χ1n) is 17.1. The van der Waals surface area contributed by atoms with Crippen molar-refractivity contribution in [3.05, 3.63) is 58.9 Å². The van der Waals surface area contributed by atoms with Gasteiger partial charge < -0.3 is 15.0 Å². The molecule has 15 heteroatoms. The van der Waals surface area contributed by atoms with E-state index in [1.165, 1.54) is 6.07 Å². The van der Waals surface area contributed by atoms with E-state index in [9.17, 15) is 28.2 Å². The lowest BCUT2D eigenvalue weighted by molar-refractivity contribution is -0.136. The van der Waals surface area contributed by atoms with Crippen LogP contribution < -0.4 is 15.5 Å². The van der Waals surface area contributed by atoms with E-state index in [2.05, 4.69) is 15.5 Å². The largest absolute Gasteiger partial charge is 0.444 e. The van der Waals surface area contributed by atoms with Gasteiger partial charge >= 0.3 is 6.09 Å². The normalized spacial score (nSPS) is 25.2. The zero-order chi connectivity index (χ0) is 35.5. The summed E-state index contributed by atoms with van der Waals surface area (Å²) in [6.45, 7) is 8.58. The number of ether oxygens (including phenoxy) is 1. The Morgan fingerprint density at radius 3 is 2.34 bits per heavy atom. The van der Waals surface area contributed by atoms with Crippen molar-refractivity contribution in [2.24, 2.45) is 0 Å². The van der Waals surface area contributed by atoms with Gasteiger partial charge in [-0.25, -0.2) is 17.7 Å². The number of anilines is 1. The summed E-state index contributed by atoms with van der Waals surface area (Å²) in [7, 11) is -1.35. The molecule has 266 valence electrons. The Morgan fingerprint density at radius 2 is 1.68 bits per heavy atom. The number of rotatable bonds is 7. The molecule has 5 amide bonds. The molecule has 5 fully saturated rings. The first-order valence-corrected chi connectivity index (χ1v) is 18.2. The van der Waals surface area contributed by atoms with Crippen molar-refractivity contribution in [3.8, 4) is 0 Å². The highest BCUT2D eigenvalue weighted by Crippen LogP contribution is 2.41. The quantitative estimate of drug-likeness (QED) is 0.415. The summed E-state index contributed by atoms with van der Waals surface area (Å²) in [5, 5.41) is 5.09. The SMILES string of the molecule is CC(C)(C)OC(=O)NC1CCN(S(=O)c2cccc(CN3CC4CC(C3)N4c3cc4c(cc3F)C(=O)N(C3CCC(=O)NC3=O)C4=O)c2)CC1. The number of halogens is 1. The molecule has 6 aliphatic rings. The number of carbonyl (C=O) groups is 5. The number of amides is 5. The minimum atomic E-state index is -1.35. The number of imide groups is 2. The van der Waals surface area contributed by atoms with E-state index >= 15 is 4.39 Å². The van der Waals surface area contributed by atoms with Gasteiger partial charge in [0.25, 0.3) is 11.8 Å². The van der Waals surface area contributed by atoms with Crippen LogP contribution in [0.2, 0.25) is 0 Å². The van der Waals surface area contributed by atoms with Crippen LogP contribution in [-0.4, -0.2) is 104 Å². The minimum Gasteiger partial charge on any atom is -0.444 e. The van der Waals surface area contributed by atoms with Crippen molar-refractivity contribution >= 4 is 46.4 Å². The Hall–Kier alpha value is -4.21. The van der Waals surface area contributed by atoms with Gasteiger partial charge in [-0.05, 0) is 76.3 Å². The summed E-state index contributed by atoms with van der Waals surface area (Å²) >= 11 is 0. The molecule has 0 radical (unpaired) electrons. The van der Waals surface area contributed by atoms with Crippen LogP contribution in [0.1, 0.15) is 79.2 Å². The Labute approximate surface area is 292 Å². The molecule has 8 rings (SSSR count). The van der Waals surface area contributed by atoms with E-state index in [0.717, 1.165) is 27.8 Å². The van der Waals surface area contributed by atoms with Crippen molar-refractivity contribution in [2.45, 2.75) is 94.1 Å². The third kappa shape index (κ3) is 6.65. The predicted octanol–water partition coefficient (Wildman–Crippen LogP) is 2.70. The number of piperidine rings is 3. The summed E-state index contributed by atoms with van der Waals surface area (Å²) in [5.41, 5.74) is 0.699. The Morgan fingerprint density at radius 1 is 1.00 bits per heavy atom. The first-order chi connectivity index (χ1) is 23.8. The van der Waals surface area contributed by atoms with Gasteiger partial charge in [0.05, 0.1) is 21.7 Å². The molecule has 6 heterocycles. The lowest BCUT2D eigenvalue weighted by Crippen LogP contribution is -2.69. The van der Waals surface area contributed by atoms with Crippen molar-refractivity contribution in [2.75, 3.05) is 31.1 Å². The number of hydrogen-bond donors (Lipinski definition) is 2. The summed E-state index contributed by atoms with van der Waals surface area (Å²) in [6, 6.07) is 9.14. The Kier molecular flexibility index (Phi) is 9.01. The van der Waals surface area contributed by atoms with Crippen LogP contribution in [0, 0.1) is 5.82 Å². The van der Waals surface area contributed by atoms with E-state index < -0.39 is 58.2 Å². The standard InChI is InChI=1S/C35H41FN6O7S/c1-35(2,3)49-34(47)37-21-9-11-40(12-10-21)50(48)24-6-4-5-20(13-24)17-39-18-22-14-23(19-39)41(22)29-16-26-25(15-27(29)36)32(45)42(33(26)46)28-7-8-30(43)38-31(28)44/h4-6,13,15-16,21-23,28H,7-12,14,17-19H2,1-3H3,(H,37,47)(H,38,43,44). The smallest absolute Gasteiger partial charge is 0.407 e. The molecule has 0 aliphatic carbocycles. The maximum absolute atomic E-state index is 15.6. The number of piperazine rings is 1. The van der Waals surface area contributed by atoms with E-state index in [0.29, 0.717) is 45.6 Å². The summed E-state index contributed by atoms with van der Waals surface area (Å²) < 4.78 is 36.3. The minimum absolute atomic E-state index is 0.00708. The summed E-state index contributed by atoms with van der Waals surface area (Å²) in [5.74, 6) is -3.16. The highest BCUT2D eigenvalue weighted by Gasteiger charge is 2.48. The van der Waals surface area contributed by atoms with Crippen molar-refractivity contribution in [1.82, 2.24) is 24.7 Å². The molecule has 6 aliphatic heterocycles. The molecule has 0 aromatic heterocycles. The van der Waals surface area contributed by atoms with Crippen LogP contribution in [0.3, 0.4) is 0 Å². The lowest BCUT2D eigenvalue weighted by atomic mass is 9.86. The highest BCUT2D eigenvalue weighted by molar-refractivity contribution is 7.82. The molecular formula is C35H41FN6O7S. The van der Waals surface area contributed by atoms with E-state index in [-0.39, 0.29) is 47.8 Å². The third-order valence-electron chi connectivity index (χ3n) is 9.97. The average molecular weight is 709 g/mol. The molecule has 0 spiro atoms. The molecule has 2 aromatic carbocycles. The van der Waals surface area contributed by atoms with Crippen LogP contribution in [0.25, 0.3) is 0 Å². The van der Waals surface area contributed by atoms with E-state index in [1.807, 2.05) is 54.2 Å². The van der Waals surface area contributed by atoms with Crippen LogP contribution in [0.15, 0.2) is 41.3 Å². The lowest BCUT2D eigenvalue weighted by Gasteiger charge is -2.57. The van der Waals surface area contributed by atoms with Gasteiger partial charge in [-0.2, -0.15) is 0 Å². The number of nitrogens with zero attached hydrogens (tertiary/aromatic N) is 4. The fourth-order valence-corrected chi connectivity index (χ4v) is 8.98. The number of hydrogen-bond acceptors (Lipinski definition) is 9. The van der Waals surface area contributed by atoms with E-state index in [4.69, 9.17) is 4.74 Å². The zero-order valence-corrected chi connectivity index (χ0v) is 29.1. The second kappa shape index (κ2) is 13.2. The Bertz CT molecular complexity index is 1780. The fourth-order valence-electron chi connectivity index (χ4n) is 7.70. The van der Waals surface area contributed by atoms with E-state index in [1.54, 1.807) is 0 Å². The summed E-state index contributed by atoms with van der Waals surface area (Å²) in [6.07, 6.45) is 1.81. The monoisotopic (exact) mass is 708 g/mol. The predicted molar refractivity (Wildman–Crippen MR) is 180 cm³/mol. The molecule has 2 aromatic rings. The van der Waals surface area contributed by atoms with Crippen LogP contribution >= 0.6 is 0 Å². The second-order valence-corrected chi connectivity index (χ2v) is 16.2. The number of carbonyl (C=O) groups excluding carboxylic acids is 5. The second-order valence-electron chi connectivity index (χ2n) is 14.7. The van der Waals surface area contributed by atoms with Crippen LogP contribution in [0.4, 0.5) is 14.9 Å². The van der Waals surface area contributed by atoms with Gasteiger partial charge in [0.2, 0.25) is 11.8 Å². The van der Waals surface area contributed by atoms with Crippen molar-refractivity contribution in [1.29, 1.82) is 0 Å². The van der Waals surface area contributed by atoms with Crippen molar-refractivity contribution < 1.29 is 37.3 Å². The Balaban J connectivity index is 0.956. The fraction of sp³-hybridized carbons (Fsp3) is 0.514. The highest BCUT2D eigenvalue weighted by atomic mass is 32.2. The van der Waals surface area contributed by atoms with Gasteiger partial charge in [0, 0.05) is 57.3 Å². The topological polar surface area (TPSA) is 149 Å². The first kappa shape index (κ1) is 34.2. The molecule has 4 unspecified atom stereocenters. The average Bonchev–Trinajstić information content (AvgIpc) is 3.28. The maximum atomic E-state index is 15.6. The molecule has 2 bridgehead atoms. The van der Waals surface area contributed by atoms with Crippen LogP contribution in [0.5, 0.6) is 0 Å². The number of fused-ring (bicyclic) bond motifs is 3. The van der Waals surface area contributed by atoms with Gasteiger partial charge in [-0.1, -0.05) is 12.1 Å². The summed E-state index contributed by atoms with van der Waals surface area (Å²) in [4.78, 5) is 68.5.